The standard InChI is InChI=1S/C23H19N3O2/c27-22(24-16-15-17-7-3-1-4-8-17)19-11-13-20(14-12-19)23-25-21(26-28-23)18-9-5-2-6-10-18/h1-14H,15-16H2,(H,24,27). The molecule has 0 saturated carbocycles. The Labute approximate surface area is 163 Å². The molecule has 0 fully saturated rings. The van der Waals surface area contributed by atoms with E-state index in [9.17, 15) is 4.79 Å². The lowest BCUT2D eigenvalue weighted by Gasteiger charge is -2.05. The van der Waals surface area contributed by atoms with E-state index in [1.165, 1.54) is 5.56 Å². The lowest BCUT2D eigenvalue weighted by Crippen LogP contribution is -2.25. The summed E-state index contributed by atoms with van der Waals surface area (Å²) in [6.07, 6.45) is 0.801. The first-order valence-electron chi connectivity index (χ1n) is 9.11. The minimum Gasteiger partial charge on any atom is -0.352 e. The van der Waals surface area contributed by atoms with E-state index in [1.807, 2.05) is 60.7 Å². The zero-order chi connectivity index (χ0) is 19.2. The van der Waals surface area contributed by atoms with Crippen molar-refractivity contribution in [1.82, 2.24) is 15.5 Å². The predicted molar refractivity (Wildman–Crippen MR) is 108 cm³/mol. The Kier molecular flexibility index (Phi) is 5.24. The van der Waals surface area contributed by atoms with Crippen LogP contribution in [0.15, 0.2) is 89.5 Å². The smallest absolute Gasteiger partial charge is 0.258 e. The fourth-order valence-electron chi connectivity index (χ4n) is 2.88. The number of aromatic nitrogens is 2. The summed E-state index contributed by atoms with van der Waals surface area (Å²) < 4.78 is 5.36. The van der Waals surface area contributed by atoms with Crippen molar-refractivity contribution in [1.29, 1.82) is 0 Å². The fourth-order valence-corrected chi connectivity index (χ4v) is 2.88. The van der Waals surface area contributed by atoms with Gasteiger partial charge in [0.25, 0.3) is 11.8 Å². The number of nitrogens with one attached hydrogen (secondary N) is 1. The SMILES string of the molecule is O=C(NCCc1ccccc1)c1ccc(-c2nc(-c3ccccc3)no2)cc1. The van der Waals surface area contributed by atoms with Gasteiger partial charge in [0.15, 0.2) is 0 Å². The molecule has 4 aromatic rings. The van der Waals surface area contributed by atoms with E-state index in [0.29, 0.717) is 23.8 Å². The molecule has 0 spiro atoms. The number of hydrogen-bond donors (Lipinski definition) is 1. The first kappa shape index (κ1) is 17.7. The summed E-state index contributed by atoms with van der Waals surface area (Å²) in [4.78, 5) is 16.7. The van der Waals surface area contributed by atoms with E-state index in [1.54, 1.807) is 12.1 Å². The second-order valence-corrected chi connectivity index (χ2v) is 6.36. The number of hydrogen-bond acceptors (Lipinski definition) is 4. The molecule has 0 radical (unpaired) electrons. The molecule has 3 aromatic carbocycles. The average molecular weight is 369 g/mol. The maximum Gasteiger partial charge on any atom is 0.258 e. The fraction of sp³-hybridized carbons (Fsp3) is 0.0870. The largest absolute Gasteiger partial charge is 0.352 e. The van der Waals surface area contributed by atoms with Gasteiger partial charge in [0.2, 0.25) is 5.82 Å². The Bertz CT molecular complexity index is 1040. The Morgan fingerprint density at radius 2 is 1.50 bits per heavy atom. The number of carbonyl (C=O) groups excluding carboxylic acids is 1. The van der Waals surface area contributed by atoms with E-state index in [4.69, 9.17) is 4.52 Å². The van der Waals surface area contributed by atoms with E-state index in [2.05, 4.69) is 27.6 Å². The quantitative estimate of drug-likeness (QED) is 0.548. The average Bonchev–Trinajstić information content (AvgIpc) is 3.25. The number of amides is 1. The molecule has 0 unspecified atom stereocenters. The van der Waals surface area contributed by atoms with E-state index in [-0.39, 0.29) is 5.91 Å². The molecule has 1 heterocycles. The number of carbonyl (C=O) groups is 1. The van der Waals surface area contributed by atoms with Crippen molar-refractivity contribution in [3.05, 3.63) is 96.1 Å². The Morgan fingerprint density at radius 1 is 0.821 bits per heavy atom. The van der Waals surface area contributed by atoms with Crippen molar-refractivity contribution in [2.24, 2.45) is 0 Å². The van der Waals surface area contributed by atoms with Gasteiger partial charge in [0, 0.05) is 23.2 Å². The minimum atomic E-state index is -0.0991. The highest BCUT2D eigenvalue weighted by Gasteiger charge is 2.11. The van der Waals surface area contributed by atoms with Crippen LogP contribution in [0.25, 0.3) is 22.8 Å². The summed E-state index contributed by atoms with van der Waals surface area (Å²) in [5, 5.41) is 6.97. The van der Waals surface area contributed by atoms with Gasteiger partial charge < -0.3 is 9.84 Å². The number of benzene rings is 3. The van der Waals surface area contributed by atoms with Crippen LogP contribution in [0.3, 0.4) is 0 Å². The minimum absolute atomic E-state index is 0.0991. The molecule has 4 rings (SSSR count). The summed E-state index contributed by atoms with van der Waals surface area (Å²) in [6, 6.07) is 26.9. The maximum absolute atomic E-state index is 12.3. The third kappa shape index (κ3) is 4.15. The lowest BCUT2D eigenvalue weighted by atomic mass is 10.1. The Hall–Kier alpha value is -3.73. The van der Waals surface area contributed by atoms with Crippen LogP contribution in [0.4, 0.5) is 0 Å². The van der Waals surface area contributed by atoms with Gasteiger partial charge in [-0.15, -0.1) is 0 Å². The summed E-state index contributed by atoms with van der Waals surface area (Å²) in [6.45, 7) is 0.592. The molecule has 0 saturated heterocycles. The van der Waals surface area contributed by atoms with Crippen molar-refractivity contribution < 1.29 is 9.32 Å². The zero-order valence-corrected chi connectivity index (χ0v) is 15.2. The summed E-state index contributed by atoms with van der Waals surface area (Å²) in [7, 11) is 0. The number of nitrogens with zero attached hydrogens (tertiary/aromatic N) is 2. The van der Waals surface area contributed by atoms with Crippen molar-refractivity contribution in [2.75, 3.05) is 6.54 Å². The lowest BCUT2D eigenvalue weighted by molar-refractivity contribution is 0.0954. The number of rotatable bonds is 6. The molecule has 138 valence electrons. The van der Waals surface area contributed by atoms with Crippen LogP contribution in [0.5, 0.6) is 0 Å². The van der Waals surface area contributed by atoms with E-state index < -0.39 is 0 Å². The van der Waals surface area contributed by atoms with Crippen LogP contribution in [0, 0.1) is 0 Å². The van der Waals surface area contributed by atoms with Crippen LogP contribution in [-0.4, -0.2) is 22.6 Å². The summed E-state index contributed by atoms with van der Waals surface area (Å²) in [5.41, 5.74) is 3.46. The van der Waals surface area contributed by atoms with Crippen LogP contribution in [0.2, 0.25) is 0 Å². The first-order valence-corrected chi connectivity index (χ1v) is 9.11. The van der Waals surface area contributed by atoms with Crippen LogP contribution >= 0.6 is 0 Å². The highest BCUT2D eigenvalue weighted by Crippen LogP contribution is 2.22. The molecule has 5 heteroatoms. The molecule has 28 heavy (non-hydrogen) atoms. The van der Waals surface area contributed by atoms with Crippen molar-refractivity contribution in [3.63, 3.8) is 0 Å². The highest BCUT2D eigenvalue weighted by molar-refractivity contribution is 5.94. The summed E-state index contributed by atoms with van der Waals surface area (Å²) in [5.74, 6) is 0.867. The third-order valence-corrected chi connectivity index (χ3v) is 4.39. The van der Waals surface area contributed by atoms with Gasteiger partial charge in [-0.2, -0.15) is 4.98 Å². The topological polar surface area (TPSA) is 68.0 Å². The molecule has 1 aromatic heterocycles. The van der Waals surface area contributed by atoms with Gasteiger partial charge in [-0.25, -0.2) is 0 Å². The Morgan fingerprint density at radius 3 is 2.21 bits per heavy atom. The zero-order valence-electron chi connectivity index (χ0n) is 15.2. The molecule has 0 aliphatic rings. The van der Waals surface area contributed by atoms with Crippen molar-refractivity contribution >= 4 is 5.91 Å². The molecule has 0 aliphatic heterocycles. The van der Waals surface area contributed by atoms with Crippen LogP contribution in [0.1, 0.15) is 15.9 Å². The van der Waals surface area contributed by atoms with Crippen molar-refractivity contribution in [3.8, 4) is 22.8 Å². The maximum atomic E-state index is 12.3. The molecule has 5 nitrogen and oxygen atoms in total. The van der Waals surface area contributed by atoms with Gasteiger partial charge in [-0.3, -0.25) is 4.79 Å². The molecule has 1 N–H and O–H groups in total. The van der Waals surface area contributed by atoms with Crippen LogP contribution in [-0.2, 0) is 6.42 Å². The van der Waals surface area contributed by atoms with E-state index >= 15 is 0 Å². The van der Waals surface area contributed by atoms with Gasteiger partial charge in [0.05, 0.1) is 0 Å². The molecule has 1 amide bonds. The predicted octanol–water partition coefficient (Wildman–Crippen LogP) is 4.38. The molecular formula is C23H19N3O2. The van der Waals surface area contributed by atoms with Gasteiger partial charge in [-0.1, -0.05) is 65.8 Å². The van der Waals surface area contributed by atoms with E-state index in [0.717, 1.165) is 17.5 Å². The van der Waals surface area contributed by atoms with Gasteiger partial charge in [0.1, 0.15) is 0 Å². The molecular weight excluding hydrogens is 350 g/mol. The third-order valence-electron chi connectivity index (χ3n) is 4.39. The molecule has 0 aliphatic carbocycles. The van der Waals surface area contributed by atoms with Gasteiger partial charge >= 0.3 is 0 Å². The summed E-state index contributed by atoms with van der Waals surface area (Å²) >= 11 is 0. The van der Waals surface area contributed by atoms with Gasteiger partial charge in [-0.05, 0) is 36.2 Å². The normalized spacial score (nSPS) is 10.6. The van der Waals surface area contributed by atoms with Crippen LogP contribution < -0.4 is 5.32 Å². The first-order chi connectivity index (χ1) is 13.8. The Balaban J connectivity index is 1.38. The molecule has 0 bridgehead atoms. The highest BCUT2D eigenvalue weighted by atomic mass is 16.5. The second kappa shape index (κ2) is 8.31. The van der Waals surface area contributed by atoms with Crippen molar-refractivity contribution in [2.45, 2.75) is 6.42 Å². The molecule has 0 atom stereocenters. The second-order valence-electron chi connectivity index (χ2n) is 6.36. The monoisotopic (exact) mass is 369 g/mol.